The molecule has 2 aromatic carbocycles. The highest BCUT2D eigenvalue weighted by molar-refractivity contribution is 5.62. The van der Waals surface area contributed by atoms with Crippen LogP contribution in [0.3, 0.4) is 0 Å². The van der Waals surface area contributed by atoms with Crippen LogP contribution in [-0.2, 0) is 20.8 Å². The molecule has 0 N–H and O–H groups in total. The van der Waals surface area contributed by atoms with Gasteiger partial charge in [-0.3, -0.25) is 0 Å². The van der Waals surface area contributed by atoms with Crippen LogP contribution in [0.1, 0.15) is 44.4 Å². The third-order valence-corrected chi connectivity index (χ3v) is 4.92. The Hall–Kier alpha value is -1.90. The number of allylic oxidation sites excluding steroid dienone is 1. The molecule has 2 heteroatoms. The molecule has 1 fully saturated rings. The standard InChI is InChI=1S/C21H24O2/c1-15(2)16-10-9-13-18(14-16)21(5)19(22-23-21)20(3,4)17-11-7-6-8-12-17/h6-14,19H,1H2,2-5H3. The third-order valence-electron chi connectivity index (χ3n) is 4.92. The fraction of sp³-hybridized carbons (Fsp3) is 0.333. The van der Waals surface area contributed by atoms with Gasteiger partial charge in [-0.25, -0.2) is 9.78 Å². The average Bonchev–Trinajstić information content (AvgIpc) is 2.53. The molecule has 120 valence electrons. The molecule has 0 bridgehead atoms. The molecule has 2 nitrogen and oxygen atoms in total. The van der Waals surface area contributed by atoms with Crippen molar-refractivity contribution in [2.75, 3.05) is 0 Å². The molecule has 1 aliphatic heterocycles. The van der Waals surface area contributed by atoms with E-state index in [4.69, 9.17) is 9.78 Å². The molecule has 1 saturated heterocycles. The molecule has 2 aromatic rings. The molecule has 0 aliphatic carbocycles. The second-order valence-corrected chi connectivity index (χ2v) is 7.12. The van der Waals surface area contributed by atoms with Crippen LogP contribution >= 0.6 is 0 Å². The molecule has 2 atom stereocenters. The van der Waals surface area contributed by atoms with Gasteiger partial charge in [-0.05, 0) is 36.6 Å². The third kappa shape index (κ3) is 2.62. The van der Waals surface area contributed by atoms with Crippen molar-refractivity contribution in [3.63, 3.8) is 0 Å². The topological polar surface area (TPSA) is 18.5 Å². The molecule has 0 saturated carbocycles. The quantitative estimate of drug-likeness (QED) is 0.719. The Morgan fingerprint density at radius 2 is 1.78 bits per heavy atom. The van der Waals surface area contributed by atoms with Crippen molar-refractivity contribution in [3.8, 4) is 0 Å². The van der Waals surface area contributed by atoms with E-state index < -0.39 is 5.60 Å². The lowest BCUT2D eigenvalue weighted by Gasteiger charge is -2.52. The maximum absolute atomic E-state index is 5.63. The van der Waals surface area contributed by atoms with Gasteiger partial charge in [0.25, 0.3) is 0 Å². The summed E-state index contributed by atoms with van der Waals surface area (Å²) in [5.41, 5.74) is 3.93. The number of hydrogen-bond acceptors (Lipinski definition) is 2. The molecular weight excluding hydrogens is 284 g/mol. The van der Waals surface area contributed by atoms with E-state index in [-0.39, 0.29) is 11.5 Å². The van der Waals surface area contributed by atoms with Crippen LogP contribution < -0.4 is 0 Å². The molecular formula is C21H24O2. The monoisotopic (exact) mass is 308 g/mol. The smallest absolute Gasteiger partial charge is 0.156 e. The summed E-state index contributed by atoms with van der Waals surface area (Å²) in [5.74, 6) is 0. The summed E-state index contributed by atoms with van der Waals surface area (Å²) in [6, 6.07) is 18.8. The van der Waals surface area contributed by atoms with E-state index in [1.165, 1.54) is 5.56 Å². The first-order valence-electron chi connectivity index (χ1n) is 8.02. The lowest BCUT2D eigenvalue weighted by molar-refractivity contribution is -0.524. The van der Waals surface area contributed by atoms with Gasteiger partial charge in [-0.15, -0.1) is 0 Å². The van der Waals surface area contributed by atoms with Crippen LogP contribution in [0, 0.1) is 0 Å². The van der Waals surface area contributed by atoms with Crippen molar-refractivity contribution in [2.24, 2.45) is 0 Å². The Morgan fingerprint density at radius 3 is 2.35 bits per heavy atom. The van der Waals surface area contributed by atoms with Crippen molar-refractivity contribution >= 4 is 5.57 Å². The van der Waals surface area contributed by atoms with Crippen molar-refractivity contribution in [2.45, 2.75) is 44.8 Å². The van der Waals surface area contributed by atoms with Crippen LogP contribution in [0.2, 0.25) is 0 Å². The maximum atomic E-state index is 5.63. The summed E-state index contributed by atoms with van der Waals surface area (Å²) >= 11 is 0. The molecule has 0 spiro atoms. The summed E-state index contributed by atoms with van der Waals surface area (Å²) in [4.78, 5) is 11.2. The van der Waals surface area contributed by atoms with Crippen LogP contribution in [0.4, 0.5) is 0 Å². The van der Waals surface area contributed by atoms with Gasteiger partial charge in [0.1, 0.15) is 6.10 Å². The van der Waals surface area contributed by atoms with Gasteiger partial charge in [-0.1, -0.05) is 74.5 Å². The number of rotatable bonds is 4. The Bertz CT molecular complexity index is 718. The van der Waals surface area contributed by atoms with Crippen molar-refractivity contribution in [1.82, 2.24) is 0 Å². The zero-order valence-corrected chi connectivity index (χ0v) is 14.3. The summed E-state index contributed by atoms with van der Waals surface area (Å²) in [7, 11) is 0. The summed E-state index contributed by atoms with van der Waals surface area (Å²) in [6.45, 7) is 12.6. The first-order valence-corrected chi connectivity index (χ1v) is 8.02. The van der Waals surface area contributed by atoms with Crippen LogP contribution in [-0.4, -0.2) is 6.10 Å². The first-order chi connectivity index (χ1) is 10.9. The van der Waals surface area contributed by atoms with Gasteiger partial charge in [0.05, 0.1) is 0 Å². The van der Waals surface area contributed by atoms with E-state index in [1.54, 1.807) is 0 Å². The lowest BCUT2D eigenvalue weighted by Crippen LogP contribution is -2.60. The fourth-order valence-corrected chi connectivity index (χ4v) is 3.36. The number of benzene rings is 2. The minimum absolute atomic E-state index is 0.0576. The predicted octanol–water partition coefficient (Wildman–Crippen LogP) is 5.24. The molecule has 3 rings (SSSR count). The molecule has 0 aromatic heterocycles. The molecule has 0 amide bonds. The second-order valence-electron chi connectivity index (χ2n) is 7.12. The van der Waals surface area contributed by atoms with E-state index in [9.17, 15) is 0 Å². The molecule has 1 aliphatic rings. The Morgan fingerprint density at radius 1 is 1.09 bits per heavy atom. The average molecular weight is 308 g/mol. The first kappa shape index (κ1) is 16.0. The number of hydrogen-bond donors (Lipinski definition) is 0. The summed E-state index contributed by atoms with van der Waals surface area (Å²) < 4.78 is 0. The highest BCUT2D eigenvalue weighted by Gasteiger charge is 2.56. The zero-order valence-electron chi connectivity index (χ0n) is 14.3. The van der Waals surface area contributed by atoms with Gasteiger partial charge >= 0.3 is 0 Å². The normalized spacial score (nSPS) is 24.1. The highest BCUT2D eigenvalue weighted by Crippen LogP contribution is 2.49. The van der Waals surface area contributed by atoms with Crippen LogP contribution in [0.15, 0.2) is 61.2 Å². The van der Waals surface area contributed by atoms with Crippen molar-refractivity contribution < 1.29 is 9.78 Å². The van der Waals surface area contributed by atoms with E-state index >= 15 is 0 Å². The van der Waals surface area contributed by atoms with Gasteiger partial charge in [0, 0.05) is 5.41 Å². The van der Waals surface area contributed by atoms with Gasteiger partial charge < -0.3 is 0 Å². The Balaban J connectivity index is 1.97. The minimum atomic E-state index is -0.467. The molecule has 0 radical (unpaired) electrons. The Kier molecular flexibility index (Phi) is 3.91. The van der Waals surface area contributed by atoms with Gasteiger partial charge in [0.2, 0.25) is 0 Å². The predicted molar refractivity (Wildman–Crippen MR) is 93.9 cm³/mol. The maximum Gasteiger partial charge on any atom is 0.156 e. The van der Waals surface area contributed by atoms with Gasteiger partial charge in [0.15, 0.2) is 5.60 Å². The zero-order chi connectivity index (χ0) is 16.7. The van der Waals surface area contributed by atoms with Crippen molar-refractivity contribution in [3.05, 3.63) is 77.9 Å². The lowest BCUT2D eigenvalue weighted by atomic mass is 9.70. The van der Waals surface area contributed by atoms with E-state index in [0.717, 1.165) is 16.7 Å². The van der Waals surface area contributed by atoms with Crippen molar-refractivity contribution in [1.29, 1.82) is 0 Å². The molecule has 2 unspecified atom stereocenters. The van der Waals surface area contributed by atoms with Crippen LogP contribution in [0.25, 0.3) is 5.57 Å². The summed E-state index contributed by atoms with van der Waals surface area (Å²) in [5, 5.41) is 0. The molecule has 1 heterocycles. The molecule has 23 heavy (non-hydrogen) atoms. The van der Waals surface area contributed by atoms with E-state index in [0.29, 0.717) is 0 Å². The van der Waals surface area contributed by atoms with Gasteiger partial charge in [-0.2, -0.15) is 0 Å². The largest absolute Gasteiger partial charge is 0.228 e. The van der Waals surface area contributed by atoms with E-state index in [2.05, 4.69) is 75.9 Å². The second kappa shape index (κ2) is 5.63. The Labute approximate surface area is 138 Å². The van der Waals surface area contributed by atoms with Crippen LogP contribution in [0.5, 0.6) is 0 Å². The SMILES string of the molecule is C=C(C)c1cccc(C2(C)OOC2C(C)(C)c2ccccc2)c1. The fourth-order valence-electron chi connectivity index (χ4n) is 3.36. The highest BCUT2D eigenvalue weighted by atomic mass is 17.3. The minimum Gasteiger partial charge on any atom is -0.228 e. The van der Waals surface area contributed by atoms with E-state index in [1.807, 2.05) is 13.0 Å². The summed E-state index contributed by atoms with van der Waals surface area (Å²) in [6.07, 6.45) is -0.0576.